The lowest BCUT2D eigenvalue weighted by Crippen LogP contribution is -2.41. The second-order valence-corrected chi connectivity index (χ2v) is 8.51. The van der Waals surface area contributed by atoms with E-state index >= 15 is 0 Å². The molecule has 0 radical (unpaired) electrons. The molecule has 0 saturated heterocycles. The van der Waals surface area contributed by atoms with Gasteiger partial charge in [0.25, 0.3) is 11.5 Å². The van der Waals surface area contributed by atoms with E-state index in [0.29, 0.717) is 26.3 Å². The molecule has 32 heavy (non-hydrogen) atoms. The summed E-state index contributed by atoms with van der Waals surface area (Å²) in [5.41, 5.74) is 4.10. The first kappa shape index (κ1) is 18.7. The molecule has 0 bridgehead atoms. The molecule has 0 aliphatic carbocycles. The van der Waals surface area contributed by atoms with Crippen molar-refractivity contribution in [2.75, 3.05) is 5.32 Å². The lowest BCUT2D eigenvalue weighted by Gasteiger charge is -2.22. The third kappa shape index (κ3) is 2.79. The number of nitrogens with one attached hydrogen (secondary N) is 1. The molecule has 0 unspecified atom stereocenters. The normalized spacial score (nSPS) is 18.3. The van der Waals surface area contributed by atoms with Crippen molar-refractivity contribution in [1.29, 1.82) is 0 Å². The first-order valence-corrected chi connectivity index (χ1v) is 11.0. The van der Waals surface area contributed by atoms with E-state index in [9.17, 15) is 9.59 Å². The van der Waals surface area contributed by atoms with Crippen molar-refractivity contribution in [1.82, 2.24) is 4.57 Å². The van der Waals surface area contributed by atoms with Crippen molar-refractivity contribution in [3.63, 3.8) is 0 Å². The Bertz CT molecular complexity index is 1580. The Morgan fingerprint density at radius 3 is 2.28 bits per heavy atom. The van der Waals surface area contributed by atoms with Crippen molar-refractivity contribution >= 4 is 34.2 Å². The van der Waals surface area contributed by atoms with Gasteiger partial charge in [-0.1, -0.05) is 90.2 Å². The Balaban J connectivity index is 1.65. The molecule has 0 spiro atoms. The van der Waals surface area contributed by atoms with E-state index < -0.39 is 6.04 Å². The number of thiazole rings is 1. The molecule has 2 aliphatic rings. The average Bonchev–Trinajstić information content (AvgIpc) is 3.35. The molecule has 6 nitrogen and oxygen atoms in total. The number of rotatable bonds is 2. The van der Waals surface area contributed by atoms with E-state index in [1.54, 1.807) is 4.57 Å². The monoisotopic (exact) mass is 436 g/mol. The van der Waals surface area contributed by atoms with Gasteiger partial charge in [-0.15, -0.1) is 10.2 Å². The Hall–Kier alpha value is -4.10. The van der Waals surface area contributed by atoms with Crippen LogP contribution in [0.1, 0.15) is 22.7 Å². The molecule has 1 aromatic heterocycles. The van der Waals surface area contributed by atoms with E-state index in [-0.39, 0.29) is 11.5 Å². The van der Waals surface area contributed by atoms with Gasteiger partial charge in [-0.3, -0.25) is 14.2 Å². The summed E-state index contributed by atoms with van der Waals surface area (Å²) >= 11 is 1.20. The maximum Gasteiger partial charge on any atom is 0.272 e. The molecule has 2 aliphatic heterocycles. The zero-order valence-electron chi connectivity index (χ0n) is 16.7. The van der Waals surface area contributed by atoms with Crippen LogP contribution >= 0.6 is 11.3 Å². The Labute approximate surface area is 186 Å². The third-order valence-electron chi connectivity index (χ3n) is 5.66. The molecule has 154 valence electrons. The van der Waals surface area contributed by atoms with Gasteiger partial charge in [-0.2, -0.15) is 0 Å². The first-order chi connectivity index (χ1) is 15.7. The lowest BCUT2D eigenvalue weighted by atomic mass is 9.96. The number of para-hydroxylation sites is 1. The largest absolute Gasteiger partial charge is 0.321 e. The molecular formula is C25H16N4O2S. The van der Waals surface area contributed by atoms with E-state index in [2.05, 4.69) is 15.5 Å². The summed E-state index contributed by atoms with van der Waals surface area (Å²) < 4.78 is 2.03. The number of hydrogen-bond donors (Lipinski definition) is 1. The predicted molar refractivity (Wildman–Crippen MR) is 125 cm³/mol. The zero-order chi connectivity index (χ0) is 21.7. The number of fused-ring (bicyclic) bond motifs is 2. The van der Waals surface area contributed by atoms with Gasteiger partial charge in [-0.05, 0) is 11.6 Å². The van der Waals surface area contributed by atoms with E-state index in [1.807, 2.05) is 84.9 Å². The zero-order valence-corrected chi connectivity index (χ0v) is 17.5. The van der Waals surface area contributed by atoms with Crippen molar-refractivity contribution in [2.45, 2.75) is 6.04 Å². The number of aromatic nitrogens is 1. The van der Waals surface area contributed by atoms with Crippen LogP contribution in [0.4, 0.5) is 5.69 Å². The number of carbonyl (C=O) groups is 1. The highest BCUT2D eigenvalue weighted by Crippen LogP contribution is 2.29. The van der Waals surface area contributed by atoms with Crippen LogP contribution in [0.2, 0.25) is 0 Å². The highest BCUT2D eigenvalue weighted by Gasteiger charge is 2.31. The molecule has 3 heterocycles. The predicted octanol–water partition coefficient (Wildman–Crippen LogP) is 2.69. The molecular weight excluding hydrogens is 420 g/mol. The van der Waals surface area contributed by atoms with Crippen LogP contribution in [-0.2, 0) is 4.79 Å². The molecule has 7 heteroatoms. The van der Waals surface area contributed by atoms with Crippen LogP contribution in [0.3, 0.4) is 0 Å². The quantitative estimate of drug-likeness (QED) is 0.525. The maximum atomic E-state index is 13.8. The molecule has 1 N–H and O–H groups in total. The highest BCUT2D eigenvalue weighted by molar-refractivity contribution is 7.07. The first-order valence-electron chi connectivity index (χ1n) is 10.1. The molecule has 6 rings (SSSR count). The number of carbonyl (C=O) groups excluding carboxylic acids is 1. The van der Waals surface area contributed by atoms with Gasteiger partial charge in [0.2, 0.25) is 4.80 Å². The second-order valence-electron chi connectivity index (χ2n) is 7.53. The Morgan fingerprint density at radius 1 is 0.812 bits per heavy atom. The van der Waals surface area contributed by atoms with Crippen molar-refractivity contribution in [3.05, 3.63) is 121 Å². The topological polar surface area (TPSA) is 75.8 Å². The molecule has 4 aromatic rings. The summed E-state index contributed by atoms with van der Waals surface area (Å²) in [5, 5.41) is 11.8. The van der Waals surface area contributed by atoms with Crippen LogP contribution in [0.5, 0.6) is 0 Å². The molecule has 1 amide bonds. The van der Waals surface area contributed by atoms with Crippen molar-refractivity contribution in [3.8, 4) is 0 Å². The van der Waals surface area contributed by atoms with Crippen LogP contribution in [0.15, 0.2) is 99.9 Å². The van der Waals surface area contributed by atoms with Crippen molar-refractivity contribution in [2.24, 2.45) is 10.2 Å². The molecule has 0 fully saturated rings. The highest BCUT2D eigenvalue weighted by atomic mass is 32.1. The summed E-state index contributed by atoms with van der Waals surface area (Å²) in [6, 6.07) is 26.5. The fourth-order valence-corrected chi connectivity index (χ4v) is 5.26. The van der Waals surface area contributed by atoms with Crippen LogP contribution in [0.25, 0.3) is 5.57 Å². The maximum absolute atomic E-state index is 13.8. The van der Waals surface area contributed by atoms with Gasteiger partial charge in [0, 0.05) is 16.8 Å². The number of benzene rings is 3. The standard InChI is InChI=1S/C25H16N4O2S/c30-23-19(17-13-7-8-14-18(17)26-23)22-24(31)29-21(16-11-5-2-6-12-16)20(27-28-25(29)32-22)15-9-3-1-4-10-15/h1-14,21H,(H,26,30)/b22-19+/t21-/m1/s1. The SMILES string of the molecule is O=C1Nc2ccccc2/C1=c1\sc2n(c1=O)[C@H](c1ccccc1)C(c1ccccc1)=NN=2. The van der Waals surface area contributed by atoms with Crippen molar-refractivity contribution < 1.29 is 4.79 Å². The van der Waals surface area contributed by atoms with Gasteiger partial charge in [0.15, 0.2) is 0 Å². The number of nitrogens with zero attached hydrogens (tertiary/aromatic N) is 3. The van der Waals surface area contributed by atoms with E-state index in [1.165, 1.54) is 11.3 Å². The van der Waals surface area contributed by atoms with Crippen LogP contribution in [-0.4, -0.2) is 16.2 Å². The smallest absolute Gasteiger partial charge is 0.272 e. The fourth-order valence-electron chi connectivity index (χ4n) is 4.22. The minimum atomic E-state index is -0.441. The summed E-state index contributed by atoms with van der Waals surface area (Å²) in [4.78, 5) is 27.0. The summed E-state index contributed by atoms with van der Waals surface area (Å²) in [6.07, 6.45) is 0. The molecule has 3 aromatic carbocycles. The third-order valence-corrected chi connectivity index (χ3v) is 6.70. The van der Waals surface area contributed by atoms with Gasteiger partial charge >= 0.3 is 0 Å². The lowest BCUT2D eigenvalue weighted by molar-refractivity contribution is -0.110. The van der Waals surface area contributed by atoms with E-state index in [0.717, 1.165) is 16.7 Å². The van der Waals surface area contributed by atoms with Gasteiger partial charge in [0.05, 0.1) is 11.3 Å². The van der Waals surface area contributed by atoms with Gasteiger partial charge < -0.3 is 5.32 Å². The fraction of sp³-hybridized carbons (Fsp3) is 0.0400. The minimum absolute atomic E-state index is 0.243. The average molecular weight is 436 g/mol. The van der Waals surface area contributed by atoms with Crippen LogP contribution < -0.4 is 20.2 Å². The number of hydrogen-bond acceptors (Lipinski definition) is 5. The Morgan fingerprint density at radius 2 is 1.50 bits per heavy atom. The van der Waals surface area contributed by atoms with E-state index in [4.69, 9.17) is 0 Å². The van der Waals surface area contributed by atoms with Gasteiger partial charge in [-0.25, -0.2) is 0 Å². The molecule has 1 atom stereocenters. The molecule has 0 saturated carbocycles. The number of anilines is 1. The van der Waals surface area contributed by atoms with Gasteiger partial charge in [0.1, 0.15) is 10.6 Å². The summed E-state index contributed by atoms with van der Waals surface area (Å²) in [5.74, 6) is -0.275. The summed E-state index contributed by atoms with van der Waals surface area (Å²) in [7, 11) is 0. The minimum Gasteiger partial charge on any atom is -0.321 e. The number of amides is 1. The second kappa shape index (κ2) is 7.25. The Kier molecular flexibility index (Phi) is 4.22. The van der Waals surface area contributed by atoms with Crippen LogP contribution in [0, 0.1) is 0 Å². The summed E-state index contributed by atoms with van der Waals surface area (Å²) in [6.45, 7) is 0.